The number of thiol groups is 1. The number of nitrogens with one attached hydrogen (secondary N) is 1. The minimum absolute atomic E-state index is 0.172. The van der Waals surface area contributed by atoms with E-state index in [-0.39, 0.29) is 5.91 Å². The maximum atomic E-state index is 12.4. The van der Waals surface area contributed by atoms with E-state index in [1.807, 2.05) is 84.9 Å². The standard InChI is InChI=1S/C21H19NO2S/c23-21(20(25)17-10-5-2-6-11-17)22-18-12-7-13-19(14-18)24-15-16-8-3-1-4-9-16/h1-14,20,25H,15H2,(H,22,23). The molecule has 0 radical (unpaired) electrons. The topological polar surface area (TPSA) is 38.3 Å². The monoisotopic (exact) mass is 349 g/mol. The summed E-state index contributed by atoms with van der Waals surface area (Å²) in [5.41, 5.74) is 2.64. The second-order valence-electron chi connectivity index (χ2n) is 5.60. The molecule has 0 aromatic heterocycles. The molecule has 0 fully saturated rings. The molecule has 0 aliphatic heterocycles. The first-order chi connectivity index (χ1) is 12.2. The fourth-order valence-electron chi connectivity index (χ4n) is 2.40. The van der Waals surface area contributed by atoms with E-state index in [4.69, 9.17) is 4.74 Å². The van der Waals surface area contributed by atoms with Crippen molar-refractivity contribution in [3.05, 3.63) is 96.1 Å². The van der Waals surface area contributed by atoms with E-state index in [1.54, 1.807) is 0 Å². The van der Waals surface area contributed by atoms with Gasteiger partial charge in [0.1, 0.15) is 17.6 Å². The largest absolute Gasteiger partial charge is 0.489 e. The van der Waals surface area contributed by atoms with Crippen LogP contribution < -0.4 is 10.1 Å². The van der Waals surface area contributed by atoms with E-state index in [2.05, 4.69) is 17.9 Å². The van der Waals surface area contributed by atoms with E-state index >= 15 is 0 Å². The summed E-state index contributed by atoms with van der Waals surface area (Å²) in [6.45, 7) is 0.484. The van der Waals surface area contributed by atoms with Crippen molar-refractivity contribution in [1.82, 2.24) is 0 Å². The number of ether oxygens (including phenoxy) is 1. The van der Waals surface area contributed by atoms with Gasteiger partial charge in [-0.3, -0.25) is 4.79 Å². The summed E-state index contributed by atoms with van der Waals surface area (Å²) >= 11 is 4.42. The highest BCUT2D eigenvalue weighted by atomic mass is 32.1. The molecule has 126 valence electrons. The van der Waals surface area contributed by atoms with Crippen LogP contribution in [0.15, 0.2) is 84.9 Å². The van der Waals surface area contributed by atoms with Crippen LogP contribution in [-0.4, -0.2) is 5.91 Å². The van der Waals surface area contributed by atoms with Gasteiger partial charge >= 0.3 is 0 Å². The molecule has 3 aromatic rings. The second-order valence-corrected chi connectivity index (χ2v) is 6.12. The summed E-state index contributed by atoms with van der Waals surface area (Å²) in [5.74, 6) is 0.534. The molecule has 4 heteroatoms. The van der Waals surface area contributed by atoms with Crippen LogP contribution in [0.4, 0.5) is 5.69 Å². The Morgan fingerprint density at radius 3 is 2.32 bits per heavy atom. The van der Waals surface area contributed by atoms with Crippen molar-refractivity contribution in [2.75, 3.05) is 5.32 Å². The third-order valence-electron chi connectivity index (χ3n) is 3.71. The molecule has 1 N–H and O–H groups in total. The van der Waals surface area contributed by atoms with Crippen molar-refractivity contribution < 1.29 is 9.53 Å². The molecule has 1 amide bonds. The van der Waals surface area contributed by atoms with Gasteiger partial charge < -0.3 is 10.1 Å². The highest BCUT2D eigenvalue weighted by molar-refractivity contribution is 7.81. The lowest BCUT2D eigenvalue weighted by atomic mass is 10.1. The van der Waals surface area contributed by atoms with Gasteiger partial charge in [0.25, 0.3) is 0 Å². The minimum Gasteiger partial charge on any atom is -0.489 e. The van der Waals surface area contributed by atoms with Gasteiger partial charge in [-0.15, -0.1) is 0 Å². The third kappa shape index (κ3) is 4.88. The number of amides is 1. The van der Waals surface area contributed by atoms with E-state index in [0.29, 0.717) is 18.0 Å². The van der Waals surface area contributed by atoms with Crippen molar-refractivity contribution >= 4 is 24.2 Å². The van der Waals surface area contributed by atoms with Crippen molar-refractivity contribution in [2.24, 2.45) is 0 Å². The molecule has 1 unspecified atom stereocenters. The predicted octanol–water partition coefficient (Wildman–Crippen LogP) is 4.88. The summed E-state index contributed by atoms with van der Waals surface area (Å²) in [6.07, 6.45) is 0. The van der Waals surface area contributed by atoms with Crippen LogP contribution in [0.5, 0.6) is 5.75 Å². The summed E-state index contributed by atoms with van der Waals surface area (Å²) in [6, 6.07) is 26.8. The molecule has 0 bridgehead atoms. The number of rotatable bonds is 6. The Morgan fingerprint density at radius 2 is 1.60 bits per heavy atom. The Labute approximate surface area is 153 Å². The summed E-state index contributed by atoms with van der Waals surface area (Å²) in [5, 5.41) is 2.36. The van der Waals surface area contributed by atoms with Crippen molar-refractivity contribution in [2.45, 2.75) is 11.9 Å². The average Bonchev–Trinajstić information content (AvgIpc) is 2.67. The highest BCUT2D eigenvalue weighted by Crippen LogP contribution is 2.23. The maximum Gasteiger partial charge on any atom is 0.241 e. The normalized spacial score (nSPS) is 11.6. The predicted molar refractivity (Wildman–Crippen MR) is 104 cm³/mol. The maximum absolute atomic E-state index is 12.4. The Morgan fingerprint density at radius 1 is 0.920 bits per heavy atom. The Hall–Kier alpha value is -2.72. The number of anilines is 1. The third-order valence-corrected chi connectivity index (χ3v) is 4.25. The number of hydrogen-bond donors (Lipinski definition) is 2. The van der Waals surface area contributed by atoms with Gasteiger partial charge in [-0.25, -0.2) is 0 Å². The van der Waals surface area contributed by atoms with Gasteiger partial charge in [0, 0.05) is 11.8 Å². The minimum atomic E-state index is -0.518. The van der Waals surface area contributed by atoms with Gasteiger partial charge in [0.15, 0.2) is 0 Å². The molecule has 25 heavy (non-hydrogen) atoms. The summed E-state index contributed by atoms with van der Waals surface area (Å²) in [7, 11) is 0. The van der Waals surface area contributed by atoms with Crippen LogP contribution in [-0.2, 0) is 11.4 Å². The fraction of sp³-hybridized carbons (Fsp3) is 0.0952. The molecule has 3 rings (SSSR count). The molecular formula is C21H19NO2S. The molecule has 0 aliphatic carbocycles. The molecule has 0 saturated carbocycles. The summed E-state index contributed by atoms with van der Waals surface area (Å²) in [4.78, 5) is 12.4. The van der Waals surface area contributed by atoms with Crippen molar-refractivity contribution in [3.8, 4) is 5.75 Å². The van der Waals surface area contributed by atoms with E-state index < -0.39 is 5.25 Å². The quantitative estimate of drug-likeness (QED) is 0.623. The number of hydrogen-bond acceptors (Lipinski definition) is 3. The Balaban J connectivity index is 1.62. The average molecular weight is 349 g/mol. The highest BCUT2D eigenvalue weighted by Gasteiger charge is 2.16. The Bertz CT molecular complexity index is 822. The SMILES string of the molecule is O=C(Nc1cccc(OCc2ccccc2)c1)C(S)c1ccccc1. The van der Waals surface area contributed by atoms with Gasteiger partial charge in [-0.1, -0.05) is 66.7 Å². The van der Waals surface area contributed by atoms with Gasteiger partial charge in [-0.05, 0) is 23.3 Å². The molecule has 0 heterocycles. The van der Waals surface area contributed by atoms with Gasteiger partial charge in [0.05, 0.1) is 0 Å². The first kappa shape index (κ1) is 17.1. The number of carbonyl (C=O) groups excluding carboxylic acids is 1. The number of benzene rings is 3. The molecular weight excluding hydrogens is 330 g/mol. The summed E-state index contributed by atoms with van der Waals surface area (Å²) < 4.78 is 5.79. The number of carbonyl (C=O) groups is 1. The first-order valence-corrected chi connectivity index (χ1v) is 8.55. The van der Waals surface area contributed by atoms with Crippen LogP contribution >= 0.6 is 12.6 Å². The second kappa shape index (κ2) is 8.40. The van der Waals surface area contributed by atoms with Crippen LogP contribution in [0.2, 0.25) is 0 Å². The zero-order valence-electron chi connectivity index (χ0n) is 13.6. The van der Waals surface area contributed by atoms with Crippen LogP contribution in [0, 0.1) is 0 Å². The van der Waals surface area contributed by atoms with E-state index in [1.165, 1.54) is 0 Å². The molecule has 1 atom stereocenters. The zero-order chi connectivity index (χ0) is 17.5. The molecule has 0 aliphatic rings. The first-order valence-electron chi connectivity index (χ1n) is 8.03. The van der Waals surface area contributed by atoms with Crippen molar-refractivity contribution in [1.29, 1.82) is 0 Å². The lowest BCUT2D eigenvalue weighted by Gasteiger charge is -2.13. The molecule has 3 aromatic carbocycles. The van der Waals surface area contributed by atoms with Crippen molar-refractivity contribution in [3.63, 3.8) is 0 Å². The Kier molecular flexibility index (Phi) is 5.75. The smallest absolute Gasteiger partial charge is 0.241 e. The lowest BCUT2D eigenvalue weighted by Crippen LogP contribution is -2.17. The van der Waals surface area contributed by atoms with Crippen LogP contribution in [0.3, 0.4) is 0 Å². The molecule has 0 saturated heterocycles. The van der Waals surface area contributed by atoms with Crippen LogP contribution in [0.25, 0.3) is 0 Å². The zero-order valence-corrected chi connectivity index (χ0v) is 14.5. The fourth-order valence-corrected chi connectivity index (χ4v) is 2.64. The lowest BCUT2D eigenvalue weighted by molar-refractivity contribution is -0.115. The van der Waals surface area contributed by atoms with Gasteiger partial charge in [0.2, 0.25) is 5.91 Å². The van der Waals surface area contributed by atoms with Gasteiger partial charge in [-0.2, -0.15) is 12.6 Å². The van der Waals surface area contributed by atoms with Crippen LogP contribution in [0.1, 0.15) is 16.4 Å². The molecule has 0 spiro atoms. The van der Waals surface area contributed by atoms with E-state index in [0.717, 1.165) is 11.1 Å². The molecule has 3 nitrogen and oxygen atoms in total. The van der Waals surface area contributed by atoms with E-state index in [9.17, 15) is 4.79 Å².